The molecule has 1 aliphatic rings. The summed E-state index contributed by atoms with van der Waals surface area (Å²) in [5.41, 5.74) is 2.31. The molecule has 0 aliphatic carbocycles. The third-order valence-electron chi connectivity index (χ3n) is 3.25. The Labute approximate surface area is 97.9 Å². The van der Waals surface area contributed by atoms with E-state index < -0.39 is 0 Å². The maximum absolute atomic E-state index is 4.57. The van der Waals surface area contributed by atoms with E-state index in [1.807, 2.05) is 7.05 Å². The first-order valence-electron chi connectivity index (χ1n) is 6.11. The number of pyridine rings is 1. The highest BCUT2D eigenvalue weighted by Crippen LogP contribution is 2.18. The van der Waals surface area contributed by atoms with Crippen molar-refractivity contribution < 1.29 is 0 Å². The van der Waals surface area contributed by atoms with Gasteiger partial charge in [-0.1, -0.05) is 6.07 Å². The second-order valence-corrected chi connectivity index (χ2v) is 4.59. The van der Waals surface area contributed by atoms with E-state index in [4.69, 9.17) is 0 Å². The van der Waals surface area contributed by atoms with Crippen molar-refractivity contribution in [1.82, 2.24) is 15.2 Å². The van der Waals surface area contributed by atoms with Crippen molar-refractivity contribution in [2.24, 2.45) is 0 Å². The Kier molecular flexibility index (Phi) is 3.91. The molecule has 0 amide bonds. The van der Waals surface area contributed by atoms with E-state index in [-0.39, 0.29) is 0 Å². The van der Waals surface area contributed by atoms with Gasteiger partial charge in [0.15, 0.2) is 0 Å². The lowest BCUT2D eigenvalue weighted by Crippen LogP contribution is -2.36. The summed E-state index contributed by atoms with van der Waals surface area (Å²) in [6.07, 6.45) is 2.63. The highest BCUT2D eigenvalue weighted by Gasteiger charge is 2.23. The Morgan fingerprint density at radius 2 is 2.38 bits per heavy atom. The van der Waals surface area contributed by atoms with Crippen LogP contribution in [0.3, 0.4) is 0 Å². The van der Waals surface area contributed by atoms with Crippen LogP contribution in [0.4, 0.5) is 0 Å². The molecule has 1 atom stereocenters. The van der Waals surface area contributed by atoms with Gasteiger partial charge in [-0.3, -0.25) is 9.88 Å². The highest BCUT2D eigenvalue weighted by atomic mass is 15.2. The minimum atomic E-state index is 0.687. The summed E-state index contributed by atoms with van der Waals surface area (Å²) in [6, 6.07) is 6.97. The molecule has 0 bridgehead atoms. The van der Waals surface area contributed by atoms with Gasteiger partial charge in [-0.25, -0.2) is 0 Å². The first-order valence-corrected chi connectivity index (χ1v) is 6.11. The molecule has 3 heteroatoms. The maximum Gasteiger partial charge on any atom is 0.0547 e. The molecule has 1 N–H and O–H groups in total. The van der Waals surface area contributed by atoms with Crippen LogP contribution in [0.5, 0.6) is 0 Å². The minimum Gasteiger partial charge on any atom is -0.318 e. The number of aromatic nitrogens is 1. The summed E-state index contributed by atoms with van der Waals surface area (Å²) in [7, 11) is 2.03. The van der Waals surface area contributed by atoms with Crippen molar-refractivity contribution in [2.75, 3.05) is 20.1 Å². The average molecular weight is 219 g/mol. The van der Waals surface area contributed by atoms with Gasteiger partial charge in [-0.05, 0) is 45.5 Å². The van der Waals surface area contributed by atoms with Gasteiger partial charge in [0.25, 0.3) is 0 Å². The molecule has 1 saturated heterocycles. The lowest BCUT2D eigenvalue weighted by Gasteiger charge is -2.23. The molecule has 16 heavy (non-hydrogen) atoms. The van der Waals surface area contributed by atoms with E-state index in [1.54, 1.807) is 0 Å². The zero-order valence-corrected chi connectivity index (χ0v) is 10.2. The van der Waals surface area contributed by atoms with Gasteiger partial charge >= 0.3 is 0 Å². The number of nitrogens with one attached hydrogen (secondary N) is 1. The summed E-state index contributed by atoms with van der Waals surface area (Å²) in [4.78, 5) is 7.11. The molecule has 3 nitrogen and oxygen atoms in total. The van der Waals surface area contributed by atoms with Gasteiger partial charge in [0.1, 0.15) is 0 Å². The van der Waals surface area contributed by atoms with Crippen LogP contribution in [0.1, 0.15) is 24.2 Å². The zero-order chi connectivity index (χ0) is 11.4. The van der Waals surface area contributed by atoms with Crippen LogP contribution in [0.2, 0.25) is 0 Å². The van der Waals surface area contributed by atoms with Gasteiger partial charge in [0.05, 0.1) is 5.69 Å². The summed E-state index contributed by atoms with van der Waals surface area (Å²) >= 11 is 0. The van der Waals surface area contributed by atoms with Crippen molar-refractivity contribution in [2.45, 2.75) is 32.4 Å². The van der Waals surface area contributed by atoms with Crippen LogP contribution in [0.25, 0.3) is 0 Å². The molecule has 1 aromatic rings. The number of nitrogens with zero attached hydrogens (tertiary/aromatic N) is 2. The van der Waals surface area contributed by atoms with Crippen LogP contribution in [0.15, 0.2) is 18.2 Å². The van der Waals surface area contributed by atoms with Gasteiger partial charge < -0.3 is 5.32 Å². The van der Waals surface area contributed by atoms with Gasteiger partial charge in [0.2, 0.25) is 0 Å². The molecule has 0 spiro atoms. The molecule has 1 aliphatic heterocycles. The van der Waals surface area contributed by atoms with E-state index >= 15 is 0 Å². The van der Waals surface area contributed by atoms with Gasteiger partial charge in [0, 0.05) is 24.8 Å². The largest absolute Gasteiger partial charge is 0.318 e. The fourth-order valence-electron chi connectivity index (χ4n) is 2.47. The van der Waals surface area contributed by atoms with Gasteiger partial charge in [-0.15, -0.1) is 0 Å². The van der Waals surface area contributed by atoms with Crippen LogP contribution < -0.4 is 5.32 Å². The monoisotopic (exact) mass is 219 g/mol. The second-order valence-electron chi connectivity index (χ2n) is 4.59. The number of rotatable bonds is 4. The smallest absolute Gasteiger partial charge is 0.0547 e. The molecule has 1 unspecified atom stereocenters. The predicted molar refractivity (Wildman–Crippen MR) is 66.3 cm³/mol. The van der Waals surface area contributed by atoms with E-state index in [1.165, 1.54) is 25.1 Å². The number of hydrogen-bond donors (Lipinski definition) is 1. The molecule has 2 rings (SSSR count). The Morgan fingerprint density at radius 1 is 1.50 bits per heavy atom. The van der Waals surface area contributed by atoms with E-state index in [9.17, 15) is 0 Å². The molecular formula is C13H21N3. The van der Waals surface area contributed by atoms with Crippen molar-refractivity contribution >= 4 is 0 Å². The van der Waals surface area contributed by atoms with Gasteiger partial charge in [-0.2, -0.15) is 0 Å². The molecule has 88 valence electrons. The fourth-order valence-corrected chi connectivity index (χ4v) is 2.47. The van der Waals surface area contributed by atoms with Crippen molar-refractivity contribution in [3.63, 3.8) is 0 Å². The third kappa shape index (κ3) is 2.80. The Bertz CT molecular complexity index is 338. The topological polar surface area (TPSA) is 28.2 Å². The normalized spacial score (nSPS) is 21.5. The molecule has 0 saturated carbocycles. The Balaban J connectivity index is 1.98. The van der Waals surface area contributed by atoms with Crippen LogP contribution in [-0.2, 0) is 6.54 Å². The molecule has 2 heterocycles. The molecular weight excluding hydrogens is 198 g/mol. The van der Waals surface area contributed by atoms with Crippen LogP contribution >= 0.6 is 0 Å². The zero-order valence-electron chi connectivity index (χ0n) is 10.2. The lowest BCUT2D eigenvalue weighted by atomic mass is 10.2. The molecule has 1 aromatic heterocycles. The van der Waals surface area contributed by atoms with Crippen molar-refractivity contribution in [3.8, 4) is 0 Å². The SMILES string of the molecule is CNCC1CCCN1Cc1cccc(C)n1. The number of aryl methyl sites for hydroxylation is 1. The third-order valence-corrected chi connectivity index (χ3v) is 3.25. The Morgan fingerprint density at radius 3 is 3.12 bits per heavy atom. The predicted octanol–water partition coefficient (Wildman–Crippen LogP) is 1.57. The molecule has 1 fully saturated rings. The standard InChI is InChI=1S/C13H21N3/c1-11-5-3-6-12(15-11)10-16-8-4-7-13(16)9-14-2/h3,5-6,13-14H,4,7-10H2,1-2H3. The maximum atomic E-state index is 4.57. The van der Waals surface area contributed by atoms with E-state index in [0.717, 1.165) is 18.8 Å². The van der Waals surface area contributed by atoms with E-state index in [2.05, 4.69) is 40.3 Å². The first kappa shape index (κ1) is 11.6. The van der Waals surface area contributed by atoms with Crippen LogP contribution in [0, 0.1) is 6.92 Å². The summed E-state index contributed by atoms with van der Waals surface area (Å²) in [5.74, 6) is 0. The quantitative estimate of drug-likeness (QED) is 0.833. The van der Waals surface area contributed by atoms with Crippen molar-refractivity contribution in [3.05, 3.63) is 29.6 Å². The molecule has 0 radical (unpaired) electrons. The summed E-state index contributed by atoms with van der Waals surface area (Å²) in [6.45, 7) is 5.35. The second kappa shape index (κ2) is 5.41. The lowest BCUT2D eigenvalue weighted by molar-refractivity contribution is 0.239. The average Bonchev–Trinajstić information content (AvgIpc) is 2.66. The number of likely N-dealkylation sites (N-methyl/N-ethyl adjacent to an activating group) is 1. The fraction of sp³-hybridized carbons (Fsp3) is 0.615. The number of likely N-dealkylation sites (tertiary alicyclic amines) is 1. The van der Waals surface area contributed by atoms with E-state index in [0.29, 0.717) is 6.04 Å². The summed E-state index contributed by atoms with van der Waals surface area (Å²) < 4.78 is 0. The number of hydrogen-bond acceptors (Lipinski definition) is 3. The Hall–Kier alpha value is -0.930. The van der Waals surface area contributed by atoms with Crippen LogP contribution in [-0.4, -0.2) is 36.1 Å². The minimum absolute atomic E-state index is 0.687. The highest BCUT2D eigenvalue weighted by molar-refractivity contribution is 5.10. The first-order chi connectivity index (χ1) is 7.79. The van der Waals surface area contributed by atoms with Crippen molar-refractivity contribution in [1.29, 1.82) is 0 Å². The molecule has 0 aromatic carbocycles. The summed E-state index contributed by atoms with van der Waals surface area (Å²) in [5, 5.41) is 3.27.